The number of aromatic nitrogens is 1. The largest absolute Gasteiger partial charge is 0.243 e. The third-order valence-corrected chi connectivity index (χ3v) is 2.53. The van der Waals surface area contributed by atoms with E-state index in [4.69, 9.17) is 11.6 Å². The van der Waals surface area contributed by atoms with Crippen molar-refractivity contribution >= 4 is 27.5 Å². The minimum atomic E-state index is 0.532. The maximum absolute atomic E-state index is 5.72. The van der Waals surface area contributed by atoms with Gasteiger partial charge in [-0.05, 0) is 34.0 Å². The number of pyridine rings is 1. The first kappa shape index (κ1) is 9.01. The summed E-state index contributed by atoms with van der Waals surface area (Å²) in [5, 5.41) is 0.532. The highest BCUT2D eigenvalue weighted by Gasteiger charge is 1.98. The summed E-state index contributed by atoms with van der Waals surface area (Å²) in [7, 11) is 0. The molecule has 0 aliphatic carbocycles. The summed E-state index contributed by atoms with van der Waals surface area (Å²) >= 11 is 9.04. The molecular formula is C8H9BrClN. The second-order valence-corrected chi connectivity index (χ2v) is 3.58. The quantitative estimate of drug-likeness (QED) is 0.714. The highest BCUT2D eigenvalue weighted by atomic mass is 79.9. The molecular weight excluding hydrogens is 225 g/mol. The molecule has 60 valence electrons. The van der Waals surface area contributed by atoms with Crippen molar-refractivity contribution in [2.45, 2.75) is 19.8 Å². The normalized spacial score (nSPS) is 10.1. The Morgan fingerprint density at radius 3 is 2.91 bits per heavy atom. The van der Waals surface area contributed by atoms with Gasteiger partial charge in [0.25, 0.3) is 0 Å². The molecule has 1 aromatic heterocycles. The van der Waals surface area contributed by atoms with E-state index >= 15 is 0 Å². The highest BCUT2D eigenvalue weighted by molar-refractivity contribution is 9.10. The van der Waals surface area contributed by atoms with Gasteiger partial charge in [-0.25, -0.2) is 4.98 Å². The molecule has 0 atom stereocenters. The third-order valence-electron chi connectivity index (χ3n) is 1.39. The number of hydrogen-bond donors (Lipinski definition) is 0. The van der Waals surface area contributed by atoms with Crippen molar-refractivity contribution in [3.05, 3.63) is 27.5 Å². The lowest BCUT2D eigenvalue weighted by molar-refractivity contribution is 0.912. The SMILES string of the molecule is CCCc1cnc(Cl)c(Br)c1. The Morgan fingerprint density at radius 1 is 1.64 bits per heavy atom. The van der Waals surface area contributed by atoms with Crippen LogP contribution >= 0.6 is 27.5 Å². The Balaban J connectivity index is 2.86. The van der Waals surface area contributed by atoms with E-state index in [1.807, 2.05) is 12.3 Å². The van der Waals surface area contributed by atoms with Crippen LogP contribution in [0.25, 0.3) is 0 Å². The van der Waals surface area contributed by atoms with Gasteiger partial charge in [-0.1, -0.05) is 24.9 Å². The second kappa shape index (κ2) is 4.07. The number of nitrogens with zero attached hydrogens (tertiary/aromatic N) is 1. The molecule has 0 spiro atoms. The third kappa shape index (κ3) is 2.46. The van der Waals surface area contributed by atoms with Gasteiger partial charge in [0.1, 0.15) is 5.15 Å². The molecule has 1 nitrogen and oxygen atoms in total. The number of halogens is 2. The van der Waals surface area contributed by atoms with Crippen molar-refractivity contribution in [2.75, 3.05) is 0 Å². The highest BCUT2D eigenvalue weighted by Crippen LogP contribution is 2.20. The van der Waals surface area contributed by atoms with Crippen molar-refractivity contribution < 1.29 is 0 Å². The lowest BCUT2D eigenvalue weighted by Crippen LogP contribution is -1.85. The Bertz CT molecular complexity index is 250. The summed E-state index contributed by atoms with van der Waals surface area (Å²) < 4.78 is 0.880. The van der Waals surface area contributed by atoms with Crippen molar-refractivity contribution in [3.8, 4) is 0 Å². The van der Waals surface area contributed by atoms with Crippen LogP contribution in [0.5, 0.6) is 0 Å². The molecule has 0 amide bonds. The van der Waals surface area contributed by atoms with Crippen LogP contribution in [0.15, 0.2) is 16.7 Å². The van der Waals surface area contributed by atoms with E-state index in [2.05, 4.69) is 27.8 Å². The van der Waals surface area contributed by atoms with Crippen LogP contribution in [0.2, 0.25) is 5.15 Å². The zero-order valence-electron chi connectivity index (χ0n) is 6.27. The standard InChI is InChI=1S/C8H9BrClN/c1-2-3-6-4-7(9)8(10)11-5-6/h4-5H,2-3H2,1H3. The molecule has 3 heteroatoms. The summed E-state index contributed by atoms with van der Waals surface area (Å²) in [4.78, 5) is 4.02. The first-order valence-corrected chi connectivity index (χ1v) is 4.71. The molecule has 0 saturated heterocycles. The molecule has 0 bridgehead atoms. The van der Waals surface area contributed by atoms with Gasteiger partial charge in [0.05, 0.1) is 4.47 Å². The number of aryl methyl sites for hydroxylation is 1. The van der Waals surface area contributed by atoms with Crippen molar-refractivity contribution in [2.24, 2.45) is 0 Å². The summed E-state index contributed by atoms with van der Waals surface area (Å²) in [6.07, 6.45) is 4.01. The average molecular weight is 235 g/mol. The Labute approximate surface area is 79.9 Å². The van der Waals surface area contributed by atoms with Crippen LogP contribution < -0.4 is 0 Å². The van der Waals surface area contributed by atoms with E-state index < -0.39 is 0 Å². The fraction of sp³-hybridized carbons (Fsp3) is 0.375. The van der Waals surface area contributed by atoms with Gasteiger partial charge in [0, 0.05) is 6.20 Å². The Hall–Kier alpha value is -0.0800. The predicted octanol–water partition coefficient (Wildman–Crippen LogP) is 3.45. The Morgan fingerprint density at radius 2 is 2.36 bits per heavy atom. The van der Waals surface area contributed by atoms with E-state index in [9.17, 15) is 0 Å². The van der Waals surface area contributed by atoms with E-state index in [-0.39, 0.29) is 0 Å². The molecule has 0 aliphatic rings. The molecule has 0 radical (unpaired) electrons. The topological polar surface area (TPSA) is 12.9 Å². The van der Waals surface area contributed by atoms with Crippen LogP contribution in [-0.2, 0) is 6.42 Å². The molecule has 1 aromatic rings. The van der Waals surface area contributed by atoms with Gasteiger partial charge >= 0.3 is 0 Å². The molecule has 0 aliphatic heterocycles. The summed E-state index contributed by atoms with van der Waals surface area (Å²) in [5.74, 6) is 0. The lowest BCUT2D eigenvalue weighted by atomic mass is 10.2. The van der Waals surface area contributed by atoms with Crippen molar-refractivity contribution in [3.63, 3.8) is 0 Å². The first-order chi connectivity index (χ1) is 5.24. The minimum absolute atomic E-state index is 0.532. The molecule has 0 N–H and O–H groups in total. The predicted molar refractivity (Wildman–Crippen MR) is 50.9 cm³/mol. The maximum atomic E-state index is 5.72. The molecule has 11 heavy (non-hydrogen) atoms. The average Bonchev–Trinajstić information content (AvgIpc) is 1.98. The fourth-order valence-electron chi connectivity index (χ4n) is 0.886. The zero-order valence-corrected chi connectivity index (χ0v) is 8.61. The van der Waals surface area contributed by atoms with E-state index in [0.717, 1.165) is 17.3 Å². The van der Waals surface area contributed by atoms with E-state index in [1.54, 1.807) is 0 Å². The zero-order chi connectivity index (χ0) is 8.27. The molecule has 0 saturated carbocycles. The monoisotopic (exact) mass is 233 g/mol. The first-order valence-electron chi connectivity index (χ1n) is 3.54. The van der Waals surface area contributed by atoms with Gasteiger partial charge in [0.15, 0.2) is 0 Å². The summed E-state index contributed by atoms with van der Waals surface area (Å²) in [6.45, 7) is 2.14. The van der Waals surface area contributed by atoms with Crippen LogP contribution in [0.1, 0.15) is 18.9 Å². The van der Waals surface area contributed by atoms with Crippen molar-refractivity contribution in [1.29, 1.82) is 0 Å². The molecule has 1 rings (SSSR count). The summed E-state index contributed by atoms with van der Waals surface area (Å²) in [6, 6.07) is 2.01. The fourth-order valence-corrected chi connectivity index (χ4v) is 1.39. The molecule has 0 unspecified atom stereocenters. The van der Waals surface area contributed by atoms with Gasteiger partial charge in [-0.15, -0.1) is 0 Å². The summed E-state index contributed by atoms with van der Waals surface area (Å²) in [5.41, 5.74) is 1.23. The van der Waals surface area contributed by atoms with Crippen molar-refractivity contribution in [1.82, 2.24) is 4.98 Å². The molecule has 0 fully saturated rings. The van der Waals surface area contributed by atoms with Crippen LogP contribution in [0, 0.1) is 0 Å². The van der Waals surface area contributed by atoms with Crippen LogP contribution in [0.4, 0.5) is 0 Å². The number of hydrogen-bond acceptors (Lipinski definition) is 1. The second-order valence-electron chi connectivity index (χ2n) is 2.37. The Kier molecular flexibility index (Phi) is 3.34. The molecule has 0 aromatic carbocycles. The van der Waals surface area contributed by atoms with E-state index in [1.165, 1.54) is 5.56 Å². The van der Waals surface area contributed by atoms with Crippen LogP contribution in [-0.4, -0.2) is 4.98 Å². The lowest BCUT2D eigenvalue weighted by Gasteiger charge is -1.99. The smallest absolute Gasteiger partial charge is 0.143 e. The molecule has 1 heterocycles. The maximum Gasteiger partial charge on any atom is 0.143 e. The van der Waals surface area contributed by atoms with Gasteiger partial charge in [0.2, 0.25) is 0 Å². The number of rotatable bonds is 2. The van der Waals surface area contributed by atoms with Gasteiger partial charge in [-0.2, -0.15) is 0 Å². The van der Waals surface area contributed by atoms with Gasteiger partial charge < -0.3 is 0 Å². The van der Waals surface area contributed by atoms with Gasteiger partial charge in [-0.3, -0.25) is 0 Å². The minimum Gasteiger partial charge on any atom is -0.243 e. The van der Waals surface area contributed by atoms with E-state index in [0.29, 0.717) is 5.15 Å². The van der Waals surface area contributed by atoms with Crippen LogP contribution in [0.3, 0.4) is 0 Å².